The van der Waals surface area contributed by atoms with Crippen molar-refractivity contribution in [1.29, 1.82) is 0 Å². The molecule has 1 unspecified atom stereocenters. The molecule has 0 bridgehead atoms. The second-order valence-corrected chi connectivity index (χ2v) is 6.25. The third kappa shape index (κ3) is 7.22. The van der Waals surface area contributed by atoms with Crippen LogP contribution in [0, 0.1) is 0 Å². The zero-order chi connectivity index (χ0) is 15.9. The minimum absolute atomic E-state index is 0. The smallest absolute Gasteiger partial charge is 0.191 e. The third-order valence-electron chi connectivity index (χ3n) is 4.10. The normalized spacial score (nSPS) is 16.0. The van der Waals surface area contributed by atoms with Crippen LogP contribution >= 0.6 is 35.6 Å². The second kappa shape index (κ2) is 10.3. The highest BCUT2D eigenvalue weighted by Gasteiger charge is 2.28. The van der Waals surface area contributed by atoms with Crippen LogP contribution in [0.1, 0.15) is 25.3 Å². The van der Waals surface area contributed by atoms with Crippen LogP contribution in [0.2, 0.25) is 5.15 Å². The maximum atomic E-state index is 5.78. The highest BCUT2D eigenvalue weighted by Crippen LogP contribution is 2.26. The van der Waals surface area contributed by atoms with Gasteiger partial charge in [-0.3, -0.25) is 9.89 Å². The first-order chi connectivity index (χ1) is 10.6. The predicted molar refractivity (Wildman–Crippen MR) is 108 cm³/mol. The maximum Gasteiger partial charge on any atom is 0.191 e. The Bertz CT molecular complexity index is 490. The summed E-state index contributed by atoms with van der Waals surface area (Å²) in [6, 6.07) is 5.11. The van der Waals surface area contributed by atoms with Gasteiger partial charge in [-0.2, -0.15) is 0 Å². The van der Waals surface area contributed by atoms with E-state index >= 15 is 0 Å². The van der Waals surface area contributed by atoms with E-state index in [0.29, 0.717) is 11.2 Å². The van der Waals surface area contributed by atoms with E-state index in [4.69, 9.17) is 11.6 Å². The van der Waals surface area contributed by atoms with Gasteiger partial charge in [0, 0.05) is 38.4 Å². The molecule has 0 spiro atoms. The lowest BCUT2D eigenvalue weighted by Crippen LogP contribution is -2.45. The van der Waals surface area contributed by atoms with E-state index < -0.39 is 0 Å². The molecule has 2 rings (SSSR count). The standard InChI is InChI=1S/C16H26ClN5.HI/c1-12(22(3)14-5-6-14)10-21-16(18-2)19-9-8-13-4-7-15(17)20-11-13;/h4,7,11-12,14H,5-6,8-10H2,1-3H3,(H2,18,19,21);1H. The lowest BCUT2D eigenvalue weighted by Gasteiger charge is -2.25. The zero-order valence-electron chi connectivity index (χ0n) is 14.1. The Labute approximate surface area is 161 Å². The summed E-state index contributed by atoms with van der Waals surface area (Å²) in [5.74, 6) is 0.845. The molecule has 130 valence electrons. The largest absolute Gasteiger partial charge is 0.356 e. The molecule has 0 radical (unpaired) electrons. The fourth-order valence-corrected chi connectivity index (χ4v) is 2.44. The second-order valence-electron chi connectivity index (χ2n) is 5.86. The first kappa shape index (κ1) is 20.4. The van der Waals surface area contributed by atoms with E-state index in [1.165, 1.54) is 12.8 Å². The van der Waals surface area contributed by atoms with Gasteiger partial charge in [-0.25, -0.2) is 4.98 Å². The van der Waals surface area contributed by atoms with Crippen molar-refractivity contribution in [2.75, 3.05) is 27.2 Å². The molecule has 1 aliphatic rings. The molecule has 1 aromatic rings. The van der Waals surface area contributed by atoms with Crippen LogP contribution in [0.3, 0.4) is 0 Å². The van der Waals surface area contributed by atoms with E-state index in [9.17, 15) is 0 Å². The molecule has 7 heteroatoms. The number of rotatable bonds is 7. The summed E-state index contributed by atoms with van der Waals surface area (Å²) in [4.78, 5) is 10.8. The molecule has 23 heavy (non-hydrogen) atoms. The summed E-state index contributed by atoms with van der Waals surface area (Å²) in [5.41, 5.74) is 1.16. The van der Waals surface area contributed by atoms with E-state index in [1.54, 1.807) is 7.05 Å². The number of nitrogens with one attached hydrogen (secondary N) is 2. The average Bonchev–Trinajstić information content (AvgIpc) is 3.36. The number of guanidine groups is 1. The minimum Gasteiger partial charge on any atom is -0.356 e. The minimum atomic E-state index is 0. The quantitative estimate of drug-likeness (QED) is 0.290. The molecule has 1 aromatic heterocycles. The first-order valence-corrected chi connectivity index (χ1v) is 8.25. The van der Waals surface area contributed by atoms with Crippen LogP contribution in [0.4, 0.5) is 0 Å². The molecular weight excluding hydrogens is 425 g/mol. The number of likely N-dealkylation sites (N-methyl/N-ethyl adjacent to an activating group) is 1. The molecule has 5 nitrogen and oxygen atoms in total. The molecular formula is C16H27ClIN5. The van der Waals surface area contributed by atoms with Crippen LogP contribution in [-0.2, 0) is 6.42 Å². The highest BCUT2D eigenvalue weighted by molar-refractivity contribution is 14.0. The van der Waals surface area contributed by atoms with Gasteiger partial charge in [0.1, 0.15) is 5.15 Å². The van der Waals surface area contributed by atoms with Crippen molar-refractivity contribution < 1.29 is 0 Å². The molecule has 1 heterocycles. The molecule has 0 amide bonds. The van der Waals surface area contributed by atoms with Crippen molar-refractivity contribution in [2.45, 2.75) is 38.3 Å². The third-order valence-corrected chi connectivity index (χ3v) is 4.32. The molecule has 0 saturated heterocycles. The molecule has 0 aromatic carbocycles. The maximum absolute atomic E-state index is 5.78. The van der Waals surface area contributed by atoms with E-state index in [0.717, 1.165) is 37.1 Å². The molecule has 1 atom stereocenters. The Kier molecular flexibility index (Phi) is 9.16. The number of hydrogen-bond donors (Lipinski definition) is 2. The van der Waals surface area contributed by atoms with Crippen LogP contribution in [-0.4, -0.2) is 55.1 Å². The van der Waals surface area contributed by atoms with Crippen molar-refractivity contribution in [3.05, 3.63) is 29.0 Å². The van der Waals surface area contributed by atoms with Gasteiger partial charge in [0.2, 0.25) is 0 Å². The average molecular weight is 452 g/mol. The molecule has 2 N–H and O–H groups in total. The highest BCUT2D eigenvalue weighted by atomic mass is 127. The van der Waals surface area contributed by atoms with E-state index in [1.807, 2.05) is 18.3 Å². The number of pyridine rings is 1. The molecule has 1 saturated carbocycles. The lowest BCUT2D eigenvalue weighted by atomic mass is 10.2. The topological polar surface area (TPSA) is 52.6 Å². The molecule has 1 aliphatic carbocycles. The van der Waals surface area contributed by atoms with E-state index in [-0.39, 0.29) is 24.0 Å². The van der Waals surface area contributed by atoms with E-state index in [2.05, 4.69) is 39.5 Å². The number of hydrogen-bond acceptors (Lipinski definition) is 3. The van der Waals surface area contributed by atoms with Gasteiger partial charge in [-0.15, -0.1) is 24.0 Å². The number of halogens is 2. The van der Waals surface area contributed by atoms with Crippen molar-refractivity contribution >= 4 is 41.5 Å². The first-order valence-electron chi connectivity index (χ1n) is 7.87. The monoisotopic (exact) mass is 451 g/mol. The number of aliphatic imine (C=N–C) groups is 1. The van der Waals surface area contributed by atoms with Gasteiger partial charge in [0.05, 0.1) is 0 Å². The van der Waals surface area contributed by atoms with Gasteiger partial charge in [0.15, 0.2) is 5.96 Å². The van der Waals surface area contributed by atoms with Crippen LogP contribution < -0.4 is 10.6 Å². The fourth-order valence-electron chi connectivity index (χ4n) is 2.33. The molecule has 0 aliphatic heterocycles. The predicted octanol–water partition coefficient (Wildman–Crippen LogP) is 2.54. The van der Waals surface area contributed by atoms with Crippen molar-refractivity contribution in [3.8, 4) is 0 Å². The van der Waals surface area contributed by atoms with Crippen LogP contribution in [0.25, 0.3) is 0 Å². The van der Waals surface area contributed by atoms with Crippen LogP contribution in [0.5, 0.6) is 0 Å². The summed E-state index contributed by atoms with van der Waals surface area (Å²) in [6.07, 6.45) is 5.38. The lowest BCUT2D eigenvalue weighted by molar-refractivity contribution is 0.247. The Morgan fingerprint density at radius 3 is 2.74 bits per heavy atom. The summed E-state index contributed by atoms with van der Waals surface area (Å²) in [6.45, 7) is 3.96. The molecule has 1 fully saturated rings. The number of aromatic nitrogens is 1. The SMILES string of the molecule is CN=C(NCCc1ccc(Cl)nc1)NCC(C)N(C)C1CC1.I. The summed E-state index contributed by atoms with van der Waals surface area (Å²) < 4.78 is 0. The summed E-state index contributed by atoms with van der Waals surface area (Å²) in [7, 11) is 4.00. The van der Waals surface area contributed by atoms with Gasteiger partial charge in [-0.1, -0.05) is 17.7 Å². The van der Waals surface area contributed by atoms with Gasteiger partial charge >= 0.3 is 0 Å². The Morgan fingerprint density at radius 1 is 1.43 bits per heavy atom. The van der Waals surface area contributed by atoms with Gasteiger partial charge in [0.25, 0.3) is 0 Å². The van der Waals surface area contributed by atoms with Crippen molar-refractivity contribution in [3.63, 3.8) is 0 Å². The van der Waals surface area contributed by atoms with Gasteiger partial charge in [-0.05, 0) is 44.9 Å². The summed E-state index contributed by atoms with van der Waals surface area (Å²) >= 11 is 5.78. The van der Waals surface area contributed by atoms with Crippen LogP contribution in [0.15, 0.2) is 23.3 Å². The van der Waals surface area contributed by atoms with Crippen molar-refractivity contribution in [2.24, 2.45) is 4.99 Å². The zero-order valence-corrected chi connectivity index (χ0v) is 17.1. The fraction of sp³-hybridized carbons (Fsp3) is 0.625. The Hall–Kier alpha value is -0.600. The Morgan fingerprint density at radius 2 is 2.17 bits per heavy atom. The number of nitrogens with zero attached hydrogens (tertiary/aromatic N) is 3. The summed E-state index contributed by atoms with van der Waals surface area (Å²) in [5, 5.41) is 7.25. The Balaban J connectivity index is 0.00000264. The van der Waals surface area contributed by atoms with Gasteiger partial charge < -0.3 is 10.6 Å². The van der Waals surface area contributed by atoms with Crippen molar-refractivity contribution in [1.82, 2.24) is 20.5 Å².